The summed E-state index contributed by atoms with van der Waals surface area (Å²) >= 11 is 6.43. The Hall–Kier alpha value is -4.20. The summed E-state index contributed by atoms with van der Waals surface area (Å²) in [4.78, 5) is 38.1. The number of anilines is 1. The molecule has 4 aromatic carbocycles. The van der Waals surface area contributed by atoms with Crippen molar-refractivity contribution in [3.8, 4) is 0 Å². The van der Waals surface area contributed by atoms with E-state index >= 15 is 0 Å². The fraction of sp³-hybridized carbons (Fsp3) is 0.216. The molecule has 46 heavy (non-hydrogen) atoms. The van der Waals surface area contributed by atoms with E-state index in [1.165, 1.54) is 0 Å². The molecule has 1 radical (unpaired) electrons. The van der Waals surface area contributed by atoms with Gasteiger partial charge in [-0.05, 0) is 49.4 Å². The van der Waals surface area contributed by atoms with Crippen molar-refractivity contribution in [3.63, 3.8) is 0 Å². The summed E-state index contributed by atoms with van der Waals surface area (Å²) in [6.45, 7) is 2.93. The van der Waals surface area contributed by atoms with Gasteiger partial charge >= 0.3 is 17.1 Å². The molecule has 1 fully saturated rings. The molecule has 1 saturated heterocycles. The molecule has 0 spiro atoms. The zero-order chi connectivity index (χ0) is 31.4. The molecule has 0 saturated carbocycles. The number of fused-ring (bicyclic) bond motifs is 1. The zero-order valence-electron chi connectivity index (χ0n) is 25.3. The van der Waals surface area contributed by atoms with E-state index < -0.39 is 11.5 Å². The Morgan fingerprint density at radius 1 is 0.957 bits per heavy atom. The Morgan fingerprint density at radius 2 is 1.65 bits per heavy atom. The second-order valence-corrected chi connectivity index (χ2v) is 12.0. The number of para-hydroxylation sites is 2. The Balaban J connectivity index is 0.00000417. The van der Waals surface area contributed by atoms with Crippen LogP contribution in [0.15, 0.2) is 114 Å². The quantitative estimate of drug-likeness (QED) is 0.152. The minimum atomic E-state index is -1.63. The SMILES string of the molecule is C[C@@](Cc1c[n-]c2ccccc12)(N=C(c1ccccc1)c1ccccc1NC(=O)C1CCCN1Cc1ccccc1Cl)C(=O)[O-].[Cu+2]. The molecule has 1 aliphatic rings. The number of nitrogens with zero attached hydrogens (tertiary/aromatic N) is 3. The van der Waals surface area contributed by atoms with Gasteiger partial charge in [-0.2, -0.15) is 6.20 Å². The molecule has 7 nitrogen and oxygen atoms in total. The molecule has 9 heteroatoms. The van der Waals surface area contributed by atoms with E-state index in [2.05, 4.69) is 15.2 Å². The number of nitrogens with one attached hydrogen (secondary N) is 1. The normalized spacial score (nSPS) is 16.5. The van der Waals surface area contributed by atoms with Crippen molar-refractivity contribution in [1.29, 1.82) is 0 Å². The number of aromatic nitrogens is 1. The number of carboxylic acid groups (broad SMARTS) is 1. The van der Waals surface area contributed by atoms with Crippen molar-refractivity contribution >= 4 is 45.8 Å². The van der Waals surface area contributed by atoms with Crippen molar-refractivity contribution in [2.24, 2.45) is 4.99 Å². The van der Waals surface area contributed by atoms with Gasteiger partial charge in [0.25, 0.3) is 0 Å². The molecule has 1 aliphatic heterocycles. The van der Waals surface area contributed by atoms with E-state index in [1.54, 1.807) is 13.1 Å². The van der Waals surface area contributed by atoms with Gasteiger partial charge in [0.15, 0.2) is 0 Å². The van der Waals surface area contributed by atoms with Gasteiger partial charge in [-0.3, -0.25) is 14.7 Å². The van der Waals surface area contributed by atoms with Crippen LogP contribution >= 0.6 is 11.6 Å². The molecular weight excluding hydrogens is 647 g/mol. The summed E-state index contributed by atoms with van der Waals surface area (Å²) in [5, 5.41) is 17.5. The second kappa shape index (κ2) is 14.5. The number of carbonyl (C=O) groups is 2. The molecule has 2 atom stereocenters. The summed E-state index contributed by atoms with van der Waals surface area (Å²) < 4.78 is 0. The van der Waals surface area contributed by atoms with Crippen LogP contribution in [0.5, 0.6) is 0 Å². The summed E-state index contributed by atoms with van der Waals surface area (Å²) in [6, 6.07) is 31.8. The minimum Gasteiger partial charge on any atom is -0.663 e. The number of hydrogen-bond acceptors (Lipinski definition) is 5. The van der Waals surface area contributed by atoms with Crippen LogP contribution in [0.4, 0.5) is 5.69 Å². The summed E-state index contributed by atoms with van der Waals surface area (Å²) in [7, 11) is 0. The standard InChI is InChI=1S/C37H34ClN4O3.Cu/c1-37(36(44)45,22-27-23-39-31-18-9-6-15-28(27)31)41-34(25-12-3-2-4-13-25)29-16-7-10-19-32(29)40-35(43)33-20-11-21-42(33)24-26-14-5-8-17-30(26)38;/h2-10,12-19,23,33H,11,20-22,24H2,1H3,(H,44,45)(H,40,41,43);/q-1;+2/p-1/t33?,37-;/m0./s1. The molecule has 5 aromatic rings. The number of carbonyl (C=O) groups excluding carboxylic acids is 2. The minimum absolute atomic E-state index is 0. The maximum Gasteiger partial charge on any atom is 2.00 e. The molecule has 0 aliphatic carbocycles. The first-order chi connectivity index (χ1) is 21.8. The van der Waals surface area contributed by atoms with Crippen LogP contribution in [0.25, 0.3) is 10.9 Å². The van der Waals surface area contributed by atoms with Gasteiger partial charge in [-0.15, -0.1) is 5.52 Å². The molecule has 6 rings (SSSR count). The van der Waals surface area contributed by atoms with Crippen LogP contribution in [0.1, 0.15) is 42.0 Å². The summed E-state index contributed by atoms with van der Waals surface area (Å²) in [5.74, 6) is -1.43. The van der Waals surface area contributed by atoms with Crippen LogP contribution < -0.4 is 15.4 Å². The number of amides is 1. The fourth-order valence-corrected chi connectivity index (χ4v) is 6.23. The summed E-state index contributed by atoms with van der Waals surface area (Å²) in [6.07, 6.45) is 3.41. The van der Waals surface area contributed by atoms with Gasteiger partial charge in [-0.25, -0.2) is 0 Å². The topological polar surface area (TPSA) is 98.9 Å². The number of rotatable bonds is 10. The van der Waals surface area contributed by atoms with Gasteiger partial charge in [0, 0.05) is 29.1 Å². The maximum atomic E-state index is 13.8. The molecule has 1 aromatic heterocycles. The molecule has 2 heterocycles. The van der Waals surface area contributed by atoms with E-state index in [0.29, 0.717) is 28.5 Å². The van der Waals surface area contributed by atoms with Gasteiger partial charge < -0.3 is 20.2 Å². The molecule has 1 amide bonds. The van der Waals surface area contributed by atoms with Crippen LogP contribution in [-0.2, 0) is 39.6 Å². The Labute approximate surface area is 284 Å². The zero-order valence-corrected chi connectivity index (χ0v) is 26.9. The van der Waals surface area contributed by atoms with E-state index in [1.807, 2.05) is 103 Å². The number of aliphatic carboxylic acids is 1. The maximum absolute atomic E-state index is 13.8. The van der Waals surface area contributed by atoms with E-state index in [0.717, 1.165) is 47.0 Å². The molecule has 1 N–H and O–H groups in total. The average molecular weight is 681 g/mol. The van der Waals surface area contributed by atoms with E-state index in [4.69, 9.17) is 16.6 Å². The number of aliphatic imine (C=N–C) groups is 1. The largest absolute Gasteiger partial charge is 2.00 e. The van der Waals surface area contributed by atoms with Crippen LogP contribution in [-0.4, -0.2) is 40.6 Å². The number of hydrogen-bond donors (Lipinski definition) is 1. The molecule has 0 bridgehead atoms. The Kier molecular flexibility index (Phi) is 10.4. The van der Waals surface area contributed by atoms with Gasteiger partial charge in [0.1, 0.15) is 5.54 Å². The number of likely N-dealkylation sites (tertiary alicyclic amines) is 1. The predicted octanol–water partition coefficient (Wildman–Crippen LogP) is 5.64. The molecular formula is C37H33ClCuN4O3. The van der Waals surface area contributed by atoms with Crippen molar-refractivity contribution in [2.75, 3.05) is 11.9 Å². The van der Waals surface area contributed by atoms with Crippen LogP contribution in [0.2, 0.25) is 5.02 Å². The number of halogens is 1. The van der Waals surface area contributed by atoms with Crippen LogP contribution in [0, 0.1) is 0 Å². The third-order valence-corrected chi connectivity index (χ3v) is 8.80. The fourth-order valence-electron chi connectivity index (χ4n) is 6.04. The number of benzene rings is 4. The first-order valence-electron chi connectivity index (χ1n) is 15.1. The van der Waals surface area contributed by atoms with Crippen molar-refractivity contribution in [3.05, 3.63) is 137 Å². The third-order valence-electron chi connectivity index (χ3n) is 8.43. The van der Waals surface area contributed by atoms with Crippen molar-refractivity contribution < 1.29 is 31.8 Å². The van der Waals surface area contributed by atoms with Crippen molar-refractivity contribution in [1.82, 2.24) is 9.88 Å². The first kappa shape index (κ1) is 33.2. The monoisotopic (exact) mass is 679 g/mol. The van der Waals surface area contributed by atoms with Gasteiger partial charge in [0.2, 0.25) is 5.91 Å². The summed E-state index contributed by atoms with van der Waals surface area (Å²) in [5.41, 5.74) is 3.26. The first-order valence-corrected chi connectivity index (χ1v) is 15.4. The smallest absolute Gasteiger partial charge is 0.663 e. The van der Waals surface area contributed by atoms with Crippen molar-refractivity contribution in [2.45, 2.75) is 44.3 Å². The van der Waals surface area contributed by atoms with Crippen LogP contribution in [0.3, 0.4) is 0 Å². The van der Waals surface area contributed by atoms with E-state index in [-0.39, 0.29) is 35.4 Å². The van der Waals surface area contributed by atoms with Gasteiger partial charge in [-0.1, -0.05) is 108 Å². The predicted molar refractivity (Wildman–Crippen MR) is 176 cm³/mol. The second-order valence-electron chi connectivity index (χ2n) is 11.6. The van der Waals surface area contributed by atoms with E-state index in [9.17, 15) is 14.7 Å². The molecule has 237 valence electrons. The Morgan fingerprint density at radius 3 is 2.43 bits per heavy atom. The average Bonchev–Trinajstić information content (AvgIpc) is 3.69. The Bertz CT molecular complexity index is 1880. The third kappa shape index (κ3) is 7.11. The number of carboxylic acids is 1. The van der Waals surface area contributed by atoms with Gasteiger partial charge in [0.05, 0.1) is 23.4 Å². The molecule has 1 unspecified atom stereocenters.